The highest BCUT2D eigenvalue weighted by molar-refractivity contribution is 7.92. The molecule has 0 saturated carbocycles. The smallest absolute Gasteiger partial charge is 0.245 e. The minimum Gasteiger partial charge on any atom is -0.322 e. The van der Waals surface area contributed by atoms with Gasteiger partial charge in [-0.2, -0.15) is 0 Å². The van der Waals surface area contributed by atoms with E-state index in [-0.39, 0.29) is 22.3 Å². The summed E-state index contributed by atoms with van der Waals surface area (Å²) in [6.07, 6.45) is 1.05. The summed E-state index contributed by atoms with van der Waals surface area (Å²) in [5.74, 6) is -0.543. The van der Waals surface area contributed by atoms with Crippen molar-refractivity contribution in [1.82, 2.24) is 0 Å². The number of amides is 1. The van der Waals surface area contributed by atoms with Gasteiger partial charge in [-0.25, -0.2) is 8.42 Å². The number of benzene rings is 2. The molecule has 0 atom stereocenters. The van der Waals surface area contributed by atoms with Gasteiger partial charge in [-0.3, -0.25) is 9.10 Å². The Bertz CT molecular complexity index is 849. The van der Waals surface area contributed by atoms with Crippen LogP contribution in [0.5, 0.6) is 0 Å². The van der Waals surface area contributed by atoms with Gasteiger partial charge in [0.05, 0.1) is 27.7 Å². The third-order valence-corrected chi connectivity index (χ3v) is 5.06. The Morgan fingerprint density at radius 3 is 2.21 bits per heavy atom. The summed E-state index contributed by atoms with van der Waals surface area (Å²) in [4.78, 5) is 12.3. The van der Waals surface area contributed by atoms with Crippen LogP contribution in [-0.2, 0) is 14.8 Å². The third kappa shape index (κ3) is 4.41. The van der Waals surface area contributed by atoms with Gasteiger partial charge in [0.15, 0.2) is 0 Å². The van der Waals surface area contributed by atoms with Crippen molar-refractivity contribution < 1.29 is 13.2 Å². The first-order valence-corrected chi connectivity index (χ1v) is 9.58. The number of carbonyl (C=O) groups excluding carboxylic acids is 1. The largest absolute Gasteiger partial charge is 0.322 e. The molecule has 2 aromatic rings. The van der Waals surface area contributed by atoms with Crippen molar-refractivity contribution in [3.05, 3.63) is 58.1 Å². The van der Waals surface area contributed by atoms with E-state index < -0.39 is 15.9 Å². The lowest BCUT2D eigenvalue weighted by atomic mass is 10.2. The number of anilines is 2. The quantitative estimate of drug-likeness (QED) is 0.851. The molecule has 2 rings (SSSR count). The van der Waals surface area contributed by atoms with Crippen molar-refractivity contribution in [2.75, 3.05) is 22.4 Å². The van der Waals surface area contributed by atoms with Crippen molar-refractivity contribution >= 4 is 50.5 Å². The number of aryl methyl sites for hydroxylation is 1. The van der Waals surface area contributed by atoms with Crippen molar-refractivity contribution in [3.8, 4) is 0 Å². The van der Waals surface area contributed by atoms with E-state index in [1.165, 1.54) is 0 Å². The van der Waals surface area contributed by atoms with Crippen molar-refractivity contribution in [2.24, 2.45) is 0 Å². The monoisotopic (exact) mass is 386 g/mol. The Labute approximate surface area is 151 Å². The van der Waals surface area contributed by atoms with Crippen LogP contribution in [0.4, 0.5) is 11.4 Å². The molecule has 128 valence electrons. The van der Waals surface area contributed by atoms with Crippen LogP contribution in [0.25, 0.3) is 0 Å². The van der Waals surface area contributed by atoms with Crippen molar-refractivity contribution in [1.29, 1.82) is 0 Å². The van der Waals surface area contributed by atoms with Crippen LogP contribution in [0, 0.1) is 6.92 Å². The molecule has 8 heteroatoms. The Morgan fingerprint density at radius 1 is 1.08 bits per heavy atom. The predicted molar refractivity (Wildman–Crippen MR) is 98.5 cm³/mol. The number of para-hydroxylation sites is 2. The van der Waals surface area contributed by atoms with Gasteiger partial charge in [0.25, 0.3) is 0 Å². The van der Waals surface area contributed by atoms with Gasteiger partial charge < -0.3 is 5.32 Å². The highest BCUT2D eigenvalue weighted by atomic mass is 35.5. The lowest BCUT2D eigenvalue weighted by molar-refractivity contribution is -0.114. The first-order valence-electron chi connectivity index (χ1n) is 6.97. The third-order valence-electron chi connectivity index (χ3n) is 3.30. The normalized spacial score (nSPS) is 11.2. The van der Waals surface area contributed by atoms with E-state index in [4.69, 9.17) is 23.2 Å². The number of carbonyl (C=O) groups is 1. The first kappa shape index (κ1) is 18.6. The Hall–Kier alpha value is -1.76. The van der Waals surface area contributed by atoms with Crippen LogP contribution in [0.2, 0.25) is 10.0 Å². The van der Waals surface area contributed by atoms with E-state index >= 15 is 0 Å². The molecule has 0 saturated heterocycles. The molecule has 1 amide bonds. The molecule has 1 N–H and O–H groups in total. The van der Waals surface area contributed by atoms with Gasteiger partial charge in [0.2, 0.25) is 15.9 Å². The fourth-order valence-electron chi connectivity index (χ4n) is 2.15. The zero-order valence-electron chi connectivity index (χ0n) is 13.1. The fraction of sp³-hybridized carbons (Fsp3) is 0.188. The number of hydrogen-bond donors (Lipinski definition) is 1. The van der Waals surface area contributed by atoms with E-state index in [1.807, 2.05) is 0 Å². The second kappa shape index (κ2) is 7.42. The maximum absolute atomic E-state index is 12.3. The molecule has 0 unspecified atom stereocenters. The van der Waals surface area contributed by atoms with Crippen LogP contribution in [-0.4, -0.2) is 27.1 Å². The van der Waals surface area contributed by atoms with E-state index in [1.54, 1.807) is 49.4 Å². The molecular weight excluding hydrogens is 371 g/mol. The SMILES string of the molecule is Cc1ccccc1N(CC(=O)Nc1c(Cl)cccc1Cl)S(C)(=O)=O. The van der Waals surface area contributed by atoms with Crippen LogP contribution in [0.3, 0.4) is 0 Å². The lowest BCUT2D eigenvalue weighted by Crippen LogP contribution is -2.37. The van der Waals surface area contributed by atoms with Crippen LogP contribution in [0.1, 0.15) is 5.56 Å². The van der Waals surface area contributed by atoms with E-state index in [0.29, 0.717) is 5.69 Å². The Morgan fingerprint density at radius 2 is 1.67 bits per heavy atom. The molecule has 0 spiro atoms. The minimum absolute atomic E-state index is 0.254. The Balaban J connectivity index is 2.28. The molecule has 0 radical (unpaired) electrons. The highest BCUT2D eigenvalue weighted by Crippen LogP contribution is 2.30. The number of sulfonamides is 1. The van der Waals surface area contributed by atoms with Gasteiger partial charge in [-0.15, -0.1) is 0 Å². The highest BCUT2D eigenvalue weighted by Gasteiger charge is 2.22. The predicted octanol–water partition coefficient (Wildman–Crippen LogP) is 3.71. The topological polar surface area (TPSA) is 66.5 Å². The second-order valence-electron chi connectivity index (χ2n) is 5.20. The molecule has 5 nitrogen and oxygen atoms in total. The van der Waals surface area contributed by atoms with E-state index in [9.17, 15) is 13.2 Å². The van der Waals surface area contributed by atoms with E-state index in [2.05, 4.69) is 5.32 Å². The zero-order chi connectivity index (χ0) is 17.9. The second-order valence-corrected chi connectivity index (χ2v) is 7.92. The number of rotatable bonds is 5. The molecule has 0 heterocycles. The summed E-state index contributed by atoms with van der Waals surface area (Å²) in [6, 6.07) is 11.7. The summed E-state index contributed by atoms with van der Waals surface area (Å²) >= 11 is 12.0. The lowest BCUT2D eigenvalue weighted by Gasteiger charge is -2.23. The number of nitrogens with one attached hydrogen (secondary N) is 1. The number of halogens is 2. The van der Waals surface area contributed by atoms with Crippen LogP contribution in [0.15, 0.2) is 42.5 Å². The van der Waals surface area contributed by atoms with Crippen LogP contribution < -0.4 is 9.62 Å². The van der Waals surface area contributed by atoms with Gasteiger partial charge in [-0.1, -0.05) is 47.5 Å². The Kier molecular flexibility index (Phi) is 5.74. The molecule has 0 aliphatic heterocycles. The first-order chi connectivity index (χ1) is 11.2. The fourth-order valence-corrected chi connectivity index (χ4v) is 3.56. The average Bonchev–Trinajstić information content (AvgIpc) is 2.48. The molecule has 0 aliphatic rings. The maximum atomic E-state index is 12.3. The minimum atomic E-state index is -3.64. The molecule has 0 aromatic heterocycles. The average molecular weight is 387 g/mol. The molecule has 0 aliphatic carbocycles. The zero-order valence-corrected chi connectivity index (χ0v) is 15.4. The van der Waals surface area contributed by atoms with Gasteiger partial charge in [0.1, 0.15) is 6.54 Å². The standard InChI is InChI=1S/C16H16Cl2N2O3S/c1-11-6-3-4-9-14(11)20(24(2,22)23)10-15(21)19-16-12(17)7-5-8-13(16)18/h3-9H,10H2,1-2H3,(H,19,21). The molecular formula is C16H16Cl2N2O3S. The van der Waals surface area contributed by atoms with Gasteiger partial charge in [-0.05, 0) is 30.7 Å². The van der Waals surface area contributed by atoms with Crippen molar-refractivity contribution in [2.45, 2.75) is 6.92 Å². The molecule has 2 aromatic carbocycles. The van der Waals surface area contributed by atoms with Gasteiger partial charge >= 0.3 is 0 Å². The summed E-state index contributed by atoms with van der Waals surface area (Å²) < 4.78 is 25.2. The van der Waals surface area contributed by atoms with Crippen LogP contribution >= 0.6 is 23.2 Å². The number of hydrogen-bond acceptors (Lipinski definition) is 3. The maximum Gasteiger partial charge on any atom is 0.245 e. The molecule has 0 bridgehead atoms. The van der Waals surface area contributed by atoms with E-state index in [0.717, 1.165) is 16.1 Å². The summed E-state index contributed by atoms with van der Waals surface area (Å²) in [5, 5.41) is 3.11. The van der Waals surface area contributed by atoms with Crippen molar-refractivity contribution in [3.63, 3.8) is 0 Å². The molecule has 0 fully saturated rings. The summed E-state index contributed by atoms with van der Waals surface area (Å²) in [6.45, 7) is 1.39. The molecule has 24 heavy (non-hydrogen) atoms. The summed E-state index contributed by atoms with van der Waals surface area (Å²) in [5.41, 5.74) is 1.44. The number of nitrogens with zero attached hydrogens (tertiary/aromatic N) is 1. The summed E-state index contributed by atoms with van der Waals surface area (Å²) in [7, 11) is -3.64. The van der Waals surface area contributed by atoms with Gasteiger partial charge in [0, 0.05) is 0 Å².